The first kappa shape index (κ1) is 13.1. The number of thiophene rings is 1. The number of hydrogen-bond donors (Lipinski definition) is 3. The number of aliphatic hydroxyl groups excluding tert-OH is 1. The van der Waals surface area contributed by atoms with Gasteiger partial charge in [0.25, 0.3) is 10.0 Å². The zero-order chi connectivity index (χ0) is 12.2. The highest BCUT2D eigenvalue weighted by molar-refractivity contribution is 7.91. The van der Waals surface area contributed by atoms with Crippen molar-refractivity contribution in [1.29, 1.82) is 0 Å². The topological polar surface area (TPSA) is 104 Å². The molecule has 0 aromatic carbocycles. The van der Waals surface area contributed by atoms with Crippen LogP contribution in [0.25, 0.3) is 0 Å². The Morgan fingerprint density at radius 3 is 2.69 bits per heavy atom. The summed E-state index contributed by atoms with van der Waals surface area (Å²) in [6, 6.07) is 1.63. The van der Waals surface area contributed by atoms with E-state index in [1.54, 1.807) is 11.4 Å². The molecule has 0 aliphatic rings. The molecule has 16 heavy (non-hydrogen) atoms. The molecule has 0 saturated carbocycles. The first-order chi connectivity index (χ1) is 7.47. The molecule has 0 amide bonds. The molecule has 0 aliphatic heterocycles. The van der Waals surface area contributed by atoms with Crippen LogP contribution in [0, 0.1) is 0 Å². The molecular weight excluding hydrogens is 254 g/mol. The summed E-state index contributed by atoms with van der Waals surface area (Å²) < 4.78 is 25.3. The zero-order valence-electron chi connectivity index (χ0n) is 8.16. The predicted octanol–water partition coefficient (Wildman–Crippen LogP) is -0.138. The van der Waals surface area contributed by atoms with Crippen molar-refractivity contribution in [3.63, 3.8) is 0 Å². The minimum atomic E-state index is -3.81. The number of aliphatic hydroxyl groups is 1. The Morgan fingerprint density at radius 2 is 2.25 bits per heavy atom. The van der Waals surface area contributed by atoms with Crippen LogP contribution in [0.3, 0.4) is 0 Å². The summed E-state index contributed by atoms with van der Waals surface area (Å²) in [7, 11) is -3.81. The van der Waals surface area contributed by atoms with Gasteiger partial charge in [0.15, 0.2) is 0 Å². The molecule has 0 fully saturated rings. The van der Waals surface area contributed by atoms with E-state index in [1.807, 2.05) is 4.72 Å². The van der Waals surface area contributed by atoms with Gasteiger partial charge in [0.1, 0.15) is 10.3 Å². The SMILES string of the molecule is O=C(O)[C@H](CCO)NS(=O)(=O)c1cccs1. The summed E-state index contributed by atoms with van der Waals surface area (Å²) >= 11 is 0.996. The molecule has 1 aromatic heterocycles. The third kappa shape index (κ3) is 3.27. The Balaban J connectivity index is 2.82. The van der Waals surface area contributed by atoms with E-state index < -0.39 is 28.6 Å². The molecule has 6 nitrogen and oxygen atoms in total. The second kappa shape index (κ2) is 5.39. The van der Waals surface area contributed by atoms with E-state index in [9.17, 15) is 13.2 Å². The molecule has 3 N–H and O–H groups in total. The van der Waals surface area contributed by atoms with Crippen LogP contribution in [-0.2, 0) is 14.8 Å². The van der Waals surface area contributed by atoms with Gasteiger partial charge in [-0.25, -0.2) is 8.42 Å². The summed E-state index contributed by atoms with van der Waals surface area (Å²) in [5, 5.41) is 18.9. The van der Waals surface area contributed by atoms with Crippen LogP contribution in [0.2, 0.25) is 0 Å². The van der Waals surface area contributed by atoms with Gasteiger partial charge in [-0.3, -0.25) is 4.79 Å². The first-order valence-electron chi connectivity index (χ1n) is 4.37. The van der Waals surface area contributed by atoms with E-state index in [0.717, 1.165) is 11.3 Å². The smallest absolute Gasteiger partial charge is 0.321 e. The van der Waals surface area contributed by atoms with Crippen molar-refractivity contribution in [2.45, 2.75) is 16.7 Å². The number of aliphatic carboxylic acids is 1. The van der Waals surface area contributed by atoms with Crippen molar-refractivity contribution in [2.75, 3.05) is 6.61 Å². The molecule has 0 radical (unpaired) electrons. The highest BCUT2D eigenvalue weighted by Gasteiger charge is 2.25. The molecule has 0 spiro atoms. The molecule has 0 bridgehead atoms. The maximum Gasteiger partial charge on any atom is 0.321 e. The van der Waals surface area contributed by atoms with Crippen LogP contribution in [0.15, 0.2) is 21.7 Å². The van der Waals surface area contributed by atoms with E-state index in [-0.39, 0.29) is 10.6 Å². The van der Waals surface area contributed by atoms with Crippen LogP contribution in [-0.4, -0.2) is 37.2 Å². The Morgan fingerprint density at radius 1 is 1.56 bits per heavy atom. The Hall–Kier alpha value is -0.960. The minimum absolute atomic E-state index is 0.0525. The van der Waals surface area contributed by atoms with Crippen LogP contribution >= 0.6 is 11.3 Å². The lowest BCUT2D eigenvalue weighted by molar-refractivity contribution is -0.139. The number of carboxylic acids is 1. The third-order valence-corrected chi connectivity index (χ3v) is 4.64. The number of carboxylic acid groups (broad SMARTS) is 1. The summed E-state index contributed by atoms with van der Waals surface area (Å²) in [6.07, 6.45) is -0.167. The van der Waals surface area contributed by atoms with E-state index in [2.05, 4.69) is 0 Å². The molecule has 1 rings (SSSR count). The van der Waals surface area contributed by atoms with Gasteiger partial charge in [-0.05, 0) is 17.9 Å². The number of hydrogen-bond acceptors (Lipinski definition) is 5. The van der Waals surface area contributed by atoms with Crippen LogP contribution in [0.5, 0.6) is 0 Å². The van der Waals surface area contributed by atoms with Gasteiger partial charge in [0, 0.05) is 6.61 Å². The van der Waals surface area contributed by atoms with Crippen molar-refractivity contribution in [3.8, 4) is 0 Å². The Labute approximate surface area is 96.6 Å². The second-order valence-electron chi connectivity index (χ2n) is 2.96. The predicted molar refractivity (Wildman–Crippen MR) is 57.8 cm³/mol. The maximum absolute atomic E-state index is 11.6. The molecular formula is C8H11NO5S2. The normalized spacial score (nSPS) is 13.6. The second-order valence-corrected chi connectivity index (χ2v) is 5.84. The summed E-state index contributed by atoms with van der Waals surface area (Å²) in [4.78, 5) is 10.7. The fraction of sp³-hybridized carbons (Fsp3) is 0.375. The first-order valence-corrected chi connectivity index (χ1v) is 6.73. The monoisotopic (exact) mass is 265 g/mol. The number of nitrogens with one attached hydrogen (secondary N) is 1. The summed E-state index contributed by atoms with van der Waals surface area (Å²) in [5.41, 5.74) is 0. The number of rotatable bonds is 6. The van der Waals surface area contributed by atoms with E-state index in [4.69, 9.17) is 10.2 Å². The molecule has 0 aliphatic carbocycles. The fourth-order valence-electron chi connectivity index (χ4n) is 1.02. The Bertz CT molecular complexity index is 439. The van der Waals surface area contributed by atoms with Gasteiger partial charge in [-0.1, -0.05) is 6.07 Å². The van der Waals surface area contributed by atoms with Crippen molar-refractivity contribution >= 4 is 27.3 Å². The molecule has 1 atom stereocenters. The molecule has 0 unspecified atom stereocenters. The quantitative estimate of drug-likeness (QED) is 0.664. The van der Waals surface area contributed by atoms with Crippen molar-refractivity contribution in [3.05, 3.63) is 17.5 Å². The molecule has 8 heteroatoms. The van der Waals surface area contributed by atoms with Gasteiger partial charge in [-0.2, -0.15) is 4.72 Å². The third-order valence-electron chi connectivity index (χ3n) is 1.77. The van der Waals surface area contributed by atoms with Crippen molar-refractivity contribution in [1.82, 2.24) is 4.72 Å². The maximum atomic E-state index is 11.6. The van der Waals surface area contributed by atoms with E-state index in [0.29, 0.717) is 0 Å². The molecule has 1 heterocycles. The van der Waals surface area contributed by atoms with Crippen molar-refractivity contribution in [2.24, 2.45) is 0 Å². The summed E-state index contributed by atoms with van der Waals surface area (Å²) in [5.74, 6) is -1.31. The van der Waals surface area contributed by atoms with E-state index >= 15 is 0 Å². The van der Waals surface area contributed by atoms with Gasteiger partial charge in [0.2, 0.25) is 0 Å². The summed E-state index contributed by atoms with van der Waals surface area (Å²) in [6.45, 7) is -0.399. The minimum Gasteiger partial charge on any atom is -0.480 e. The van der Waals surface area contributed by atoms with Crippen LogP contribution in [0.1, 0.15) is 6.42 Å². The van der Waals surface area contributed by atoms with Gasteiger partial charge in [-0.15, -0.1) is 11.3 Å². The van der Waals surface area contributed by atoms with Gasteiger partial charge >= 0.3 is 5.97 Å². The molecule has 1 aromatic rings. The fourth-order valence-corrected chi connectivity index (χ4v) is 3.26. The average molecular weight is 265 g/mol. The lowest BCUT2D eigenvalue weighted by Crippen LogP contribution is -2.41. The number of sulfonamides is 1. The average Bonchev–Trinajstić information content (AvgIpc) is 2.69. The van der Waals surface area contributed by atoms with Gasteiger partial charge < -0.3 is 10.2 Å². The lowest BCUT2D eigenvalue weighted by Gasteiger charge is -2.12. The largest absolute Gasteiger partial charge is 0.480 e. The van der Waals surface area contributed by atoms with Gasteiger partial charge in [0.05, 0.1) is 0 Å². The van der Waals surface area contributed by atoms with Crippen LogP contribution < -0.4 is 4.72 Å². The highest BCUT2D eigenvalue weighted by atomic mass is 32.2. The standard InChI is InChI=1S/C8H11NO5S2/c10-4-3-6(8(11)12)9-16(13,14)7-2-1-5-15-7/h1-2,5-6,9-10H,3-4H2,(H,11,12)/t6-/m0/s1. The van der Waals surface area contributed by atoms with Crippen LogP contribution in [0.4, 0.5) is 0 Å². The number of carbonyl (C=O) groups is 1. The lowest BCUT2D eigenvalue weighted by atomic mass is 10.2. The zero-order valence-corrected chi connectivity index (χ0v) is 9.79. The highest BCUT2D eigenvalue weighted by Crippen LogP contribution is 2.16. The molecule has 90 valence electrons. The molecule has 0 saturated heterocycles. The van der Waals surface area contributed by atoms with E-state index in [1.165, 1.54) is 6.07 Å². The van der Waals surface area contributed by atoms with Crippen molar-refractivity contribution < 1.29 is 23.4 Å². The Kier molecular flexibility index (Phi) is 4.42.